The molecule has 0 aromatic rings. The minimum Gasteiger partial charge on any atom is -0.392 e. The molecule has 6 atom stereocenters. The van der Waals surface area contributed by atoms with E-state index in [2.05, 4.69) is 42.3 Å². The predicted octanol–water partition coefficient (Wildman–Crippen LogP) is 3.54. The van der Waals surface area contributed by atoms with Gasteiger partial charge in [0.05, 0.1) is 12.2 Å². The number of rotatable bonds is 8. The Balaban J connectivity index is 1.89. The molecule has 0 aromatic carbocycles. The lowest BCUT2D eigenvalue weighted by atomic mass is 9.89. The number of thioether (sulfide) groups is 1. The van der Waals surface area contributed by atoms with Crippen molar-refractivity contribution in [1.29, 1.82) is 0 Å². The second-order valence-electron chi connectivity index (χ2n) is 8.15. The Kier molecular flexibility index (Phi) is 8.76. The Morgan fingerprint density at radius 2 is 2.12 bits per heavy atom. The number of hydrogen-bond donors (Lipinski definition) is 2. The van der Waals surface area contributed by atoms with E-state index in [1.165, 1.54) is 0 Å². The highest BCUT2D eigenvalue weighted by Gasteiger charge is 2.45. The molecule has 26 heavy (non-hydrogen) atoms. The fourth-order valence-corrected chi connectivity index (χ4v) is 5.11. The largest absolute Gasteiger partial charge is 0.392 e. The molecule has 0 unspecified atom stereocenters. The molecule has 0 heterocycles. The summed E-state index contributed by atoms with van der Waals surface area (Å²) in [5, 5.41) is 23.1. The van der Waals surface area contributed by atoms with Gasteiger partial charge in [0, 0.05) is 24.6 Å². The van der Waals surface area contributed by atoms with E-state index in [4.69, 9.17) is 0 Å². The molecule has 146 valence electrons. The molecular weight excluding hydrogens is 342 g/mol. The van der Waals surface area contributed by atoms with Crippen molar-refractivity contribution < 1.29 is 10.2 Å². The van der Waals surface area contributed by atoms with Gasteiger partial charge in [-0.1, -0.05) is 24.6 Å². The van der Waals surface area contributed by atoms with Crippen molar-refractivity contribution in [2.24, 2.45) is 23.7 Å². The van der Waals surface area contributed by atoms with Crippen LogP contribution in [-0.4, -0.2) is 53.7 Å². The van der Waals surface area contributed by atoms with Crippen molar-refractivity contribution >= 4 is 11.8 Å². The highest BCUT2D eigenvalue weighted by Crippen LogP contribution is 2.50. The molecule has 0 aromatic heterocycles. The van der Waals surface area contributed by atoms with Crippen LogP contribution in [0.15, 0.2) is 23.1 Å². The van der Waals surface area contributed by atoms with Crippen molar-refractivity contribution in [1.82, 2.24) is 4.90 Å². The van der Waals surface area contributed by atoms with Crippen molar-refractivity contribution in [2.45, 2.75) is 51.7 Å². The van der Waals surface area contributed by atoms with Crippen LogP contribution < -0.4 is 0 Å². The van der Waals surface area contributed by atoms with Crippen molar-refractivity contribution in [2.75, 3.05) is 26.4 Å². The highest BCUT2D eigenvalue weighted by atomic mass is 32.2. The predicted molar refractivity (Wildman–Crippen MR) is 112 cm³/mol. The summed E-state index contributed by atoms with van der Waals surface area (Å²) in [4.78, 5) is 2.21. The van der Waals surface area contributed by atoms with Crippen LogP contribution >= 0.6 is 11.8 Å². The number of fused-ring (bicyclic) bond motifs is 1. The normalized spacial score (nSPS) is 32.0. The first-order valence-electron chi connectivity index (χ1n) is 9.80. The van der Waals surface area contributed by atoms with Crippen LogP contribution in [0.2, 0.25) is 0 Å². The first kappa shape index (κ1) is 21.6. The lowest BCUT2D eigenvalue weighted by Crippen LogP contribution is -2.19. The van der Waals surface area contributed by atoms with Gasteiger partial charge in [-0.05, 0) is 63.4 Å². The molecule has 0 bridgehead atoms. The third-order valence-electron chi connectivity index (χ3n) is 5.73. The summed E-state index contributed by atoms with van der Waals surface area (Å²) >= 11 is 1.91. The summed E-state index contributed by atoms with van der Waals surface area (Å²) in [5.41, 5.74) is 1.54. The van der Waals surface area contributed by atoms with E-state index in [9.17, 15) is 10.2 Å². The molecule has 4 heteroatoms. The monoisotopic (exact) mass is 377 g/mol. The van der Waals surface area contributed by atoms with Crippen LogP contribution in [0, 0.1) is 35.5 Å². The SMILES string of the molecule is CC#CC[C@H](C)[C@H](O)C=C[C@@H]1[C@H]2CC(=CSCCN(C)C)C[C@H]2C[C@H]1O. The zero-order chi connectivity index (χ0) is 19.1. The van der Waals surface area contributed by atoms with Gasteiger partial charge in [0.1, 0.15) is 0 Å². The van der Waals surface area contributed by atoms with Gasteiger partial charge in [0.25, 0.3) is 0 Å². The number of aliphatic hydroxyl groups excluding tert-OH is 2. The van der Waals surface area contributed by atoms with Gasteiger partial charge in [-0.15, -0.1) is 23.6 Å². The number of aliphatic hydroxyl groups is 2. The number of hydrogen-bond acceptors (Lipinski definition) is 4. The molecule has 2 aliphatic carbocycles. The Morgan fingerprint density at radius 3 is 2.81 bits per heavy atom. The Morgan fingerprint density at radius 1 is 1.35 bits per heavy atom. The molecule has 0 saturated heterocycles. The van der Waals surface area contributed by atoms with E-state index in [0.29, 0.717) is 18.3 Å². The fraction of sp³-hybridized carbons (Fsp3) is 0.727. The van der Waals surface area contributed by atoms with Gasteiger partial charge in [0.15, 0.2) is 0 Å². The van der Waals surface area contributed by atoms with Gasteiger partial charge >= 0.3 is 0 Å². The first-order valence-corrected chi connectivity index (χ1v) is 10.9. The van der Waals surface area contributed by atoms with E-state index in [1.807, 2.05) is 31.7 Å². The van der Waals surface area contributed by atoms with E-state index in [0.717, 1.165) is 31.6 Å². The molecule has 2 saturated carbocycles. The number of nitrogens with zero attached hydrogens (tertiary/aromatic N) is 1. The van der Waals surface area contributed by atoms with Crippen LogP contribution in [0.4, 0.5) is 0 Å². The van der Waals surface area contributed by atoms with Gasteiger partial charge in [-0.25, -0.2) is 0 Å². The van der Waals surface area contributed by atoms with Crippen LogP contribution in [-0.2, 0) is 0 Å². The molecule has 3 nitrogen and oxygen atoms in total. The van der Waals surface area contributed by atoms with E-state index < -0.39 is 6.10 Å². The van der Waals surface area contributed by atoms with E-state index >= 15 is 0 Å². The molecule has 2 rings (SSSR count). The summed E-state index contributed by atoms with van der Waals surface area (Å²) in [6.07, 6.45) is 7.06. The lowest BCUT2D eigenvalue weighted by molar-refractivity contribution is 0.137. The van der Waals surface area contributed by atoms with E-state index in [-0.39, 0.29) is 17.9 Å². The van der Waals surface area contributed by atoms with Gasteiger partial charge in [-0.2, -0.15) is 0 Å². The number of allylic oxidation sites excluding steroid dienone is 1. The zero-order valence-corrected chi connectivity index (χ0v) is 17.5. The minimum absolute atomic E-state index is 0.125. The Labute approximate surface area is 163 Å². The third kappa shape index (κ3) is 6.16. The van der Waals surface area contributed by atoms with Gasteiger partial charge < -0.3 is 15.1 Å². The first-order chi connectivity index (χ1) is 12.4. The third-order valence-corrected chi connectivity index (χ3v) is 6.65. The molecule has 0 radical (unpaired) electrons. The molecule has 2 aliphatic rings. The van der Waals surface area contributed by atoms with Crippen LogP contribution in [0.5, 0.6) is 0 Å². The zero-order valence-electron chi connectivity index (χ0n) is 16.7. The van der Waals surface area contributed by atoms with Crippen LogP contribution in [0.1, 0.15) is 39.5 Å². The summed E-state index contributed by atoms with van der Waals surface area (Å²) < 4.78 is 0. The maximum Gasteiger partial charge on any atom is 0.0755 e. The summed E-state index contributed by atoms with van der Waals surface area (Å²) in [5.74, 6) is 8.47. The lowest BCUT2D eigenvalue weighted by Gasteiger charge is -2.19. The fourth-order valence-electron chi connectivity index (χ4n) is 4.10. The Hall–Kier alpha value is -0.730. The van der Waals surface area contributed by atoms with Gasteiger partial charge in [0.2, 0.25) is 0 Å². The highest BCUT2D eigenvalue weighted by molar-refractivity contribution is 8.02. The maximum absolute atomic E-state index is 10.5. The van der Waals surface area contributed by atoms with Crippen molar-refractivity contribution in [3.63, 3.8) is 0 Å². The smallest absolute Gasteiger partial charge is 0.0755 e. The van der Waals surface area contributed by atoms with Crippen LogP contribution in [0.3, 0.4) is 0 Å². The Bertz CT molecular complexity index is 560. The summed E-state index contributed by atoms with van der Waals surface area (Å²) in [6, 6.07) is 0. The average Bonchev–Trinajstić information content (AvgIpc) is 3.10. The molecule has 2 N–H and O–H groups in total. The maximum atomic E-state index is 10.5. The molecule has 0 amide bonds. The van der Waals surface area contributed by atoms with Crippen LogP contribution in [0.25, 0.3) is 0 Å². The summed E-state index contributed by atoms with van der Waals surface area (Å²) in [7, 11) is 4.21. The minimum atomic E-state index is -0.486. The second-order valence-corrected chi connectivity index (χ2v) is 9.12. The quantitative estimate of drug-likeness (QED) is 0.386. The molecule has 0 spiro atoms. The molecular formula is C22H35NO2S. The van der Waals surface area contributed by atoms with Crippen molar-refractivity contribution in [3.8, 4) is 11.8 Å². The standard InChI is InChI=1S/C22H35NO2S/c1-5-6-7-16(2)21(24)9-8-19-20-13-17(12-18(20)14-22(19)25)15-26-11-10-23(3)4/h8-9,15-16,18-22,24-25H,7,10-14H2,1-4H3/t16-,18-,19+,20-,21+,22+/m0/s1. The second kappa shape index (κ2) is 10.6. The average molecular weight is 378 g/mol. The van der Waals surface area contributed by atoms with E-state index in [1.54, 1.807) is 5.57 Å². The van der Waals surface area contributed by atoms with Crippen molar-refractivity contribution in [3.05, 3.63) is 23.1 Å². The van der Waals surface area contributed by atoms with Gasteiger partial charge in [-0.3, -0.25) is 0 Å². The topological polar surface area (TPSA) is 43.7 Å². The summed E-state index contributed by atoms with van der Waals surface area (Å²) in [6.45, 7) is 4.95. The molecule has 0 aliphatic heterocycles. The molecule has 2 fully saturated rings.